The summed E-state index contributed by atoms with van der Waals surface area (Å²) in [5, 5.41) is 6.23. The standard InChI is InChI=1S/C25H24N4O/c1-17-7-6-10-20(15-17)22-13-14-26-25(28-22)29-23-16-21(12-11-18(23)2)27-24(30)19-8-4-3-5-9-19/h3-6,8-17H,7H2,1-2H3,(H,27,30)(H,26,28,29). The van der Waals surface area contributed by atoms with Crippen LogP contribution >= 0.6 is 0 Å². The smallest absolute Gasteiger partial charge is 0.255 e. The van der Waals surface area contributed by atoms with Crippen LogP contribution in [-0.4, -0.2) is 15.9 Å². The Kier molecular flexibility index (Phi) is 5.70. The molecule has 0 spiro atoms. The molecule has 1 aliphatic rings. The van der Waals surface area contributed by atoms with E-state index in [1.807, 2.05) is 49.4 Å². The Hall–Kier alpha value is -3.73. The molecule has 1 amide bonds. The quantitative estimate of drug-likeness (QED) is 0.575. The van der Waals surface area contributed by atoms with Gasteiger partial charge in [0, 0.05) is 23.1 Å². The maximum atomic E-state index is 12.4. The molecule has 0 radical (unpaired) electrons. The molecule has 5 nitrogen and oxygen atoms in total. The lowest BCUT2D eigenvalue weighted by Gasteiger charge is -2.14. The number of nitrogens with one attached hydrogen (secondary N) is 2. The predicted octanol–water partition coefficient (Wildman–Crippen LogP) is 5.76. The number of anilines is 3. The fourth-order valence-corrected chi connectivity index (χ4v) is 3.34. The van der Waals surface area contributed by atoms with Gasteiger partial charge in [-0.3, -0.25) is 4.79 Å². The van der Waals surface area contributed by atoms with Gasteiger partial charge in [0.1, 0.15) is 0 Å². The molecule has 2 N–H and O–H groups in total. The van der Waals surface area contributed by atoms with Crippen LogP contribution in [0.4, 0.5) is 17.3 Å². The molecule has 5 heteroatoms. The summed E-state index contributed by atoms with van der Waals surface area (Å²) in [5.41, 5.74) is 5.21. The minimum absolute atomic E-state index is 0.145. The molecule has 1 aliphatic carbocycles. The van der Waals surface area contributed by atoms with Gasteiger partial charge in [0.25, 0.3) is 5.91 Å². The summed E-state index contributed by atoms with van der Waals surface area (Å²) in [6.07, 6.45) is 9.34. The van der Waals surface area contributed by atoms with Gasteiger partial charge in [-0.15, -0.1) is 0 Å². The number of allylic oxidation sites excluding steroid dienone is 4. The number of aryl methyl sites for hydroxylation is 1. The molecule has 0 saturated carbocycles. The summed E-state index contributed by atoms with van der Waals surface area (Å²) in [6, 6.07) is 16.8. The number of rotatable bonds is 5. The third-order valence-corrected chi connectivity index (χ3v) is 5.00. The van der Waals surface area contributed by atoms with Crippen molar-refractivity contribution in [1.29, 1.82) is 0 Å². The molecule has 0 fully saturated rings. The fraction of sp³-hybridized carbons (Fsp3) is 0.160. The van der Waals surface area contributed by atoms with E-state index in [1.54, 1.807) is 18.3 Å². The van der Waals surface area contributed by atoms with E-state index in [4.69, 9.17) is 0 Å². The Morgan fingerprint density at radius 1 is 1.10 bits per heavy atom. The van der Waals surface area contributed by atoms with Crippen molar-refractivity contribution < 1.29 is 4.79 Å². The number of amides is 1. The largest absolute Gasteiger partial charge is 0.324 e. The van der Waals surface area contributed by atoms with Gasteiger partial charge in [-0.1, -0.05) is 49.4 Å². The van der Waals surface area contributed by atoms with Crippen molar-refractivity contribution in [2.45, 2.75) is 20.3 Å². The lowest BCUT2D eigenvalue weighted by Crippen LogP contribution is -2.12. The van der Waals surface area contributed by atoms with E-state index in [0.717, 1.165) is 28.9 Å². The second-order valence-corrected chi connectivity index (χ2v) is 7.48. The van der Waals surface area contributed by atoms with Gasteiger partial charge in [-0.2, -0.15) is 0 Å². The van der Waals surface area contributed by atoms with Gasteiger partial charge in [-0.25, -0.2) is 9.97 Å². The van der Waals surface area contributed by atoms with Gasteiger partial charge in [0.15, 0.2) is 0 Å². The van der Waals surface area contributed by atoms with E-state index in [9.17, 15) is 4.79 Å². The first-order valence-corrected chi connectivity index (χ1v) is 10.0. The van der Waals surface area contributed by atoms with E-state index in [-0.39, 0.29) is 5.91 Å². The number of benzene rings is 2. The first-order valence-electron chi connectivity index (χ1n) is 10.0. The summed E-state index contributed by atoms with van der Waals surface area (Å²) >= 11 is 0. The second kappa shape index (κ2) is 8.74. The highest BCUT2D eigenvalue weighted by Gasteiger charge is 2.11. The van der Waals surface area contributed by atoms with Crippen LogP contribution in [0.5, 0.6) is 0 Å². The van der Waals surface area contributed by atoms with E-state index >= 15 is 0 Å². The first-order chi connectivity index (χ1) is 14.6. The second-order valence-electron chi connectivity index (χ2n) is 7.48. The number of aromatic nitrogens is 2. The number of hydrogen-bond donors (Lipinski definition) is 2. The monoisotopic (exact) mass is 396 g/mol. The average molecular weight is 396 g/mol. The fourth-order valence-electron chi connectivity index (χ4n) is 3.34. The Morgan fingerprint density at radius 3 is 2.73 bits per heavy atom. The molecule has 1 aromatic heterocycles. The molecule has 2 aromatic carbocycles. The molecule has 0 aliphatic heterocycles. The van der Waals surface area contributed by atoms with Crippen LogP contribution in [0, 0.1) is 12.8 Å². The van der Waals surface area contributed by atoms with Crippen LogP contribution in [0.3, 0.4) is 0 Å². The molecule has 0 saturated heterocycles. The summed E-state index contributed by atoms with van der Waals surface area (Å²) < 4.78 is 0. The molecule has 4 rings (SSSR count). The van der Waals surface area contributed by atoms with Crippen LogP contribution < -0.4 is 10.6 Å². The van der Waals surface area contributed by atoms with Crippen molar-refractivity contribution in [2.24, 2.45) is 5.92 Å². The van der Waals surface area contributed by atoms with Crippen LogP contribution in [0.25, 0.3) is 5.57 Å². The van der Waals surface area contributed by atoms with E-state index in [2.05, 4.69) is 45.8 Å². The summed E-state index contributed by atoms with van der Waals surface area (Å²) in [6.45, 7) is 4.20. The maximum Gasteiger partial charge on any atom is 0.255 e. The molecule has 0 bridgehead atoms. The van der Waals surface area contributed by atoms with Crippen molar-refractivity contribution >= 4 is 28.8 Å². The Bertz CT molecular complexity index is 1120. The Morgan fingerprint density at radius 2 is 1.93 bits per heavy atom. The number of nitrogens with zero attached hydrogens (tertiary/aromatic N) is 2. The highest BCUT2D eigenvalue weighted by Crippen LogP contribution is 2.26. The van der Waals surface area contributed by atoms with E-state index < -0.39 is 0 Å². The predicted molar refractivity (Wildman–Crippen MR) is 122 cm³/mol. The van der Waals surface area contributed by atoms with Gasteiger partial charge in [0.2, 0.25) is 5.95 Å². The Balaban J connectivity index is 1.54. The van der Waals surface area contributed by atoms with Crippen molar-refractivity contribution in [3.8, 4) is 0 Å². The van der Waals surface area contributed by atoms with Crippen molar-refractivity contribution in [3.63, 3.8) is 0 Å². The van der Waals surface area contributed by atoms with Crippen molar-refractivity contribution in [2.75, 3.05) is 10.6 Å². The summed E-state index contributed by atoms with van der Waals surface area (Å²) in [4.78, 5) is 21.5. The van der Waals surface area contributed by atoms with Crippen molar-refractivity contribution in [3.05, 3.63) is 95.8 Å². The average Bonchev–Trinajstić information content (AvgIpc) is 2.77. The Labute approximate surface area is 176 Å². The van der Waals surface area contributed by atoms with Gasteiger partial charge >= 0.3 is 0 Å². The summed E-state index contributed by atoms with van der Waals surface area (Å²) in [7, 11) is 0. The van der Waals surface area contributed by atoms with Gasteiger partial charge in [0.05, 0.1) is 5.69 Å². The van der Waals surface area contributed by atoms with E-state index in [0.29, 0.717) is 23.1 Å². The lowest BCUT2D eigenvalue weighted by molar-refractivity contribution is 0.102. The third kappa shape index (κ3) is 4.63. The van der Waals surface area contributed by atoms with Crippen LogP contribution in [0.15, 0.2) is 79.0 Å². The minimum Gasteiger partial charge on any atom is -0.324 e. The summed E-state index contributed by atoms with van der Waals surface area (Å²) in [5.74, 6) is 0.881. The number of carbonyl (C=O) groups is 1. The zero-order valence-electron chi connectivity index (χ0n) is 17.1. The molecule has 30 heavy (non-hydrogen) atoms. The minimum atomic E-state index is -0.145. The normalized spacial score (nSPS) is 15.4. The SMILES string of the molecule is Cc1ccc(NC(=O)c2ccccc2)cc1Nc1nccc(C2=CC(C)CC=C2)n1. The molecular formula is C25H24N4O. The molecule has 150 valence electrons. The first kappa shape index (κ1) is 19.6. The maximum absolute atomic E-state index is 12.4. The van der Waals surface area contributed by atoms with Crippen molar-refractivity contribution in [1.82, 2.24) is 9.97 Å². The zero-order chi connectivity index (χ0) is 20.9. The third-order valence-electron chi connectivity index (χ3n) is 5.00. The lowest BCUT2D eigenvalue weighted by atomic mass is 9.96. The highest BCUT2D eigenvalue weighted by molar-refractivity contribution is 6.04. The molecule has 1 atom stereocenters. The highest BCUT2D eigenvalue weighted by atomic mass is 16.1. The van der Waals surface area contributed by atoms with Crippen LogP contribution in [0.1, 0.15) is 35.0 Å². The number of hydrogen-bond acceptors (Lipinski definition) is 4. The zero-order valence-corrected chi connectivity index (χ0v) is 17.1. The van der Waals surface area contributed by atoms with E-state index in [1.165, 1.54) is 0 Å². The van der Waals surface area contributed by atoms with Gasteiger partial charge in [-0.05, 0) is 60.7 Å². The topological polar surface area (TPSA) is 66.9 Å². The molecular weight excluding hydrogens is 372 g/mol. The number of carbonyl (C=O) groups excluding carboxylic acids is 1. The van der Waals surface area contributed by atoms with Crippen LogP contribution in [0.2, 0.25) is 0 Å². The molecule has 3 aromatic rings. The van der Waals surface area contributed by atoms with Crippen LogP contribution in [-0.2, 0) is 0 Å². The molecule has 1 heterocycles. The van der Waals surface area contributed by atoms with Gasteiger partial charge < -0.3 is 10.6 Å². The molecule has 1 unspecified atom stereocenters.